The van der Waals surface area contributed by atoms with Crippen molar-refractivity contribution in [1.82, 2.24) is 0 Å². The Labute approximate surface area is 121 Å². The molecule has 1 aromatic rings. The van der Waals surface area contributed by atoms with Crippen LogP contribution in [0.4, 0.5) is 0 Å². The molecule has 0 bridgehead atoms. The van der Waals surface area contributed by atoms with Gasteiger partial charge in [0, 0.05) is 6.07 Å². The van der Waals surface area contributed by atoms with Crippen molar-refractivity contribution in [2.45, 2.75) is 11.3 Å². The Balaban J connectivity index is 0.00000256. The van der Waals surface area contributed by atoms with Gasteiger partial charge in [0.15, 0.2) is 0 Å². The van der Waals surface area contributed by atoms with E-state index < -0.39 is 21.0 Å². The third-order valence-corrected chi connectivity index (χ3v) is 2.83. The summed E-state index contributed by atoms with van der Waals surface area (Å²) in [5.74, 6) is -0.961. The zero-order valence-electron chi connectivity index (χ0n) is 8.37. The van der Waals surface area contributed by atoms with E-state index in [4.69, 9.17) is 9.66 Å². The fourth-order valence-electron chi connectivity index (χ4n) is 1.16. The maximum atomic E-state index is 11.0. The van der Waals surface area contributed by atoms with Crippen molar-refractivity contribution >= 4 is 45.6 Å². The molecule has 6 nitrogen and oxygen atoms in total. The summed E-state index contributed by atoms with van der Waals surface area (Å²) < 4.78 is 35.2. The van der Waals surface area contributed by atoms with Gasteiger partial charge in [-0.2, -0.15) is 8.42 Å². The monoisotopic (exact) mass is 270 g/mol. The molecule has 0 aliphatic carbocycles. The van der Waals surface area contributed by atoms with Crippen molar-refractivity contribution in [3.05, 3.63) is 23.8 Å². The number of hydrogen-bond acceptors (Lipinski definition) is 5. The molecular weight excluding hydrogens is 259 g/mol. The van der Waals surface area contributed by atoms with Crippen LogP contribution in [0.3, 0.4) is 0 Å². The number of phenols is 1. The zero-order chi connectivity index (χ0) is 12.3. The van der Waals surface area contributed by atoms with E-state index in [9.17, 15) is 13.2 Å². The van der Waals surface area contributed by atoms with Gasteiger partial charge in [-0.1, -0.05) is 6.07 Å². The first-order valence-electron chi connectivity index (χ1n) is 4.21. The summed E-state index contributed by atoms with van der Waals surface area (Å²) in [6.07, 6.45) is -0.300. The number of phenolic OH excluding ortho intramolecular Hbond substituents is 1. The molecule has 8 heteroatoms. The number of benzene rings is 1. The number of ether oxygens (including phenoxy) is 1. The van der Waals surface area contributed by atoms with Gasteiger partial charge < -0.3 is 9.84 Å². The topological polar surface area (TPSA) is 101 Å². The standard InChI is InChI=1S/C9H10O6S.Na.H/c1-15-9(11)4-6-2-3-7(10)5-8(6)16(12,13)14;;/h2-3,5,10H,4H2,1H3,(H,12,13,14);;. The van der Waals surface area contributed by atoms with Crippen LogP contribution in [0.2, 0.25) is 0 Å². The van der Waals surface area contributed by atoms with Gasteiger partial charge in [0.1, 0.15) is 10.6 Å². The molecule has 0 saturated heterocycles. The van der Waals surface area contributed by atoms with E-state index in [1.54, 1.807) is 0 Å². The molecule has 2 N–H and O–H groups in total. The molecule has 0 heterocycles. The molecule has 0 fully saturated rings. The molecular formula is C9H11NaO6S. The van der Waals surface area contributed by atoms with Gasteiger partial charge in [0.05, 0.1) is 13.5 Å². The Morgan fingerprint density at radius 2 is 2.00 bits per heavy atom. The van der Waals surface area contributed by atoms with Gasteiger partial charge in [0.25, 0.3) is 10.1 Å². The minimum absolute atomic E-state index is 0. The fourth-order valence-corrected chi connectivity index (χ4v) is 1.90. The summed E-state index contributed by atoms with van der Waals surface area (Å²) in [6.45, 7) is 0. The predicted molar refractivity (Wildman–Crippen MR) is 60.8 cm³/mol. The molecule has 0 atom stereocenters. The van der Waals surface area contributed by atoms with Crippen LogP contribution in [0.25, 0.3) is 0 Å². The molecule has 0 saturated carbocycles. The van der Waals surface area contributed by atoms with Gasteiger partial charge >= 0.3 is 35.5 Å². The van der Waals surface area contributed by atoms with Gasteiger partial charge in [-0.3, -0.25) is 9.35 Å². The van der Waals surface area contributed by atoms with Crippen molar-refractivity contribution in [3.8, 4) is 5.75 Å². The first-order chi connectivity index (χ1) is 7.34. The van der Waals surface area contributed by atoms with Gasteiger partial charge in [-0.25, -0.2) is 0 Å². The molecule has 0 aliphatic rings. The maximum absolute atomic E-state index is 11.0. The quantitative estimate of drug-likeness (QED) is 0.444. The summed E-state index contributed by atoms with van der Waals surface area (Å²) >= 11 is 0. The summed E-state index contributed by atoms with van der Waals surface area (Å²) in [6, 6.07) is 3.32. The van der Waals surface area contributed by atoms with Gasteiger partial charge in [-0.15, -0.1) is 0 Å². The average molecular weight is 270 g/mol. The van der Waals surface area contributed by atoms with Crippen LogP contribution in [-0.4, -0.2) is 60.7 Å². The second kappa shape index (κ2) is 6.36. The van der Waals surface area contributed by atoms with Gasteiger partial charge in [0.2, 0.25) is 0 Å². The Morgan fingerprint density at radius 3 is 2.47 bits per heavy atom. The molecule has 0 spiro atoms. The van der Waals surface area contributed by atoms with Crippen LogP contribution in [0, 0.1) is 0 Å². The van der Waals surface area contributed by atoms with E-state index in [0.29, 0.717) is 0 Å². The number of rotatable bonds is 3. The zero-order valence-corrected chi connectivity index (χ0v) is 9.19. The van der Waals surface area contributed by atoms with E-state index in [1.807, 2.05) is 0 Å². The van der Waals surface area contributed by atoms with Crippen LogP contribution in [0.15, 0.2) is 23.1 Å². The third kappa shape index (κ3) is 4.64. The minimum atomic E-state index is -4.48. The molecule has 17 heavy (non-hydrogen) atoms. The van der Waals surface area contributed by atoms with Crippen LogP contribution in [-0.2, 0) is 26.1 Å². The Hall–Kier alpha value is -0.600. The third-order valence-electron chi connectivity index (χ3n) is 1.89. The molecule has 1 aromatic carbocycles. The first kappa shape index (κ1) is 16.4. The summed E-state index contributed by atoms with van der Waals surface area (Å²) in [4.78, 5) is 10.5. The Kier molecular flexibility index (Phi) is 6.14. The van der Waals surface area contributed by atoms with Crippen molar-refractivity contribution < 1.29 is 27.6 Å². The van der Waals surface area contributed by atoms with E-state index in [0.717, 1.165) is 13.2 Å². The molecule has 0 amide bonds. The Morgan fingerprint density at radius 1 is 1.41 bits per heavy atom. The van der Waals surface area contributed by atoms with Crippen LogP contribution >= 0.6 is 0 Å². The molecule has 1 rings (SSSR count). The number of hydrogen-bond donors (Lipinski definition) is 2. The van der Waals surface area contributed by atoms with Crippen molar-refractivity contribution in [1.29, 1.82) is 0 Å². The van der Waals surface area contributed by atoms with E-state index in [-0.39, 0.29) is 47.3 Å². The summed E-state index contributed by atoms with van der Waals surface area (Å²) in [5, 5.41) is 9.10. The van der Waals surface area contributed by atoms with Crippen LogP contribution < -0.4 is 0 Å². The second-order valence-electron chi connectivity index (χ2n) is 3.02. The van der Waals surface area contributed by atoms with E-state index >= 15 is 0 Å². The average Bonchev–Trinajstić information content (AvgIpc) is 2.19. The molecule has 90 valence electrons. The Bertz CT molecular complexity index is 510. The number of aromatic hydroxyl groups is 1. The fraction of sp³-hybridized carbons (Fsp3) is 0.222. The van der Waals surface area contributed by atoms with Crippen LogP contribution in [0.1, 0.15) is 5.56 Å². The molecule has 0 aromatic heterocycles. The SMILES string of the molecule is COC(=O)Cc1ccc(O)cc1S(=O)(=O)O.[NaH]. The normalized spacial score (nSPS) is 10.5. The van der Waals surface area contributed by atoms with Crippen molar-refractivity contribution in [2.75, 3.05) is 7.11 Å². The van der Waals surface area contributed by atoms with Gasteiger partial charge in [-0.05, 0) is 11.6 Å². The number of carbonyl (C=O) groups excluding carboxylic acids is 1. The molecule has 0 radical (unpaired) electrons. The second-order valence-corrected chi connectivity index (χ2v) is 4.41. The van der Waals surface area contributed by atoms with Crippen molar-refractivity contribution in [2.24, 2.45) is 0 Å². The van der Waals surface area contributed by atoms with E-state index in [1.165, 1.54) is 12.1 Å². The number of esters is 1. The van der Waals surface area contributed by atoms with E-state index in [2.05, 4.69) is 4.74 Å². The molecule has 0 unspecified atom stereocenters. The molecule has 0 aliphatic heterocycles. The predicted octanol–water partition coefficient (Wildman–Crippen LogP) is -0.294. The summed E-state index contributed by atoms with van der Waals surface area (Å²) in [7, 11) is -3.32. The van der Waals surface area contributed by atoms with Crippen molar-refractivity contribution in [3.63, 3.8) is 0 Å². The first-order valence-corrected chi connectivity index (χ1v) is 5.65. The summed E-state index contributed by atoms with van der Waals surface area (Å²) in [5.41, 5.74) is 0.0622. The van der Waals surface area contributed by atoms with Crippen LogP contribution in [0.5, 0.6) is 5.75 Å². The number of methoxy groups -OCH3 is 1. The number of carbonyl (C=O) groups is 1.